The summed E-state index contributed by atoms with van der Waals surface area (Å²) in [5, 5.41) is 10.4. The highest BCUT2D eigenvalue weighted by atomic mass is 16.5. The summed E-state index contributed by atoms with van der Waals surface area (Å²) in [5.41, 5.74) is 0.812. The summed E-state index contributed by atoms with van der Waals surface area (Å²) in [7, 11) is 0. The van der Waals surface area contributed by atoms with Crippen molar-refractivity contribution in [1.29, 1.82) is 0 Å². The molecule has 0 radical (unpaired) electrons. The monoisotopic (exact) mass is 354 g/mol. The van der Waals surface area contributed by atoms with Crippen LogP contribution in [-0.2, 0) is 13.0 Å². The molecule has 0 saturated carbocycles. The van der Waals surface area contributed by atoms with E-state index >= 15 is 0 Å². The zero-order chi connectivity index (χ0) is 18.7. The number of aromatic hydroxyl groups is 1. The number of carbonyl (C=O) groups excluding carboxylic acids is 1. The van der Waals surface area contributed by atoms with Crippen molar-refractivity contribution in [2.24, 2.45) is 0 Å². The largest absolute Gasteiger partial charge is 0.507 e. The zero-order valence-electron chi connectivity index (χ0n) is 14.4. The van der Waals surface area contributed by atoms with Crippen molar-refractivity contribution in [3.8, 4) is 11.5 Å². The molecule has 0 aliphatic heterocycles. The van der Waals surface area contributed by atoms with Gasteiger partial charge in [-0.1, -0.05) is 13.3 Å². The summed E-state index contributed by atoms with van der Waals surface area (Å²) in [6, 6.07) is 3.16. The second-order valence-electron chi connectivity index (χ2n) is 5.77. The number of nitrogens with zero attached hydrogens (tertiary/aromatic N) is 3. The number of carbonyl (C=O) groups is 1. The summed E-state index contributed by atoms with van der Waals surface area (Å²) >= 11 is 0. The van der Waals surface area contributed by atoms with Gasteiger partial charge in [0.15, 0.2) is 16.9 Å². The van der Waals surface area contributed by atoms with Gasteiger partial charge in [-0.2, -0.15) is 0 Å². The van der Waals surface area contributed by atoms with Gasteiger partial charge in [-0.15, -0.1) is 0 Å². The van der Waals surface area contributed by atoms with Crippen LogP contribution in [0, 0.1) is 0 Å². The van der Waals surface area contributed by atoms with Crippen molar-refractivity contribution in [3.05, 3.63) is 51.8 Å². The molecule has 2 N–H and O–H groups in total. The summed E-state index contributed by atoms with van der Waals surface area (Å²) < 4.78 is 5.74. The lowest BCUT2D eigenvalue weighted by Gasteiger charge is -2.14. The van der Waals surface area contributed by atoms with E-state index in [9.17, 15) is 14.7 Å². The molecule has 0 atom stereocenters. The number of hydrogen-bond donors (Lipinski definition) is 2. The van der Waals surface area contributed by atoms with Gasteiger partial charge in [0.2, 0.25) is 0 Å². The van der Waals surface area contributed by atoms with Crippen LogP contribution in [0.1, 0.15) is 42.0 Å². The molecule has 1 aromatic carbocycles. The second-order valence-corrected chi connectivity index (χ2v) is 5.77. The molecule has 0 amide bonds. The molecule has 0 aliphatic rings. The predicted molar refractivity (Wildman–Crippen MR) is 94.4 cm³/mol. The topological polar surface area (TPSA) is 118 Å². The minimum atomic E-state index is -0.398. The number of hydrogen-bond acceptors (Lipinski definition) is 7. The molecule has 0 bridgehead atoms. The molecular weight excluding hydrogens is 336 g/mol. The van der Waals surface area contributed by atoms with Crippen LogP contribution in [0.4, 0.5) is 0 Å². The first-order valence-corrected chi connectivity index (χ1v) is 8.19. The third-order valence-electron chi connectivity index (χ3n) is 3.88. The first-order valence-electron chi connectivity index (χ1n) is 8.19. The number of Topliss-reactive ketones (excluding diaryl/α,β-unsaturated/α-hetero) is 1. The summed E-state index contributed by atoms with van der Waals surface area (Å²) in [6.45, 7) is 3.35. The molecule has 0 aliphatic carbocycles. The van der Waals surface area contributed by atoms with Crippen LogP contribution in [0.5, 0.6) is 11.5 Å². The van der Waals surface area contributed by atoms with Crippen LogP contribution in [-0.4, -0.2) is 30.8 Å². The van der Waals surface area contributed by atoms with Gasteiger partial charge in [0.1, 0.15) is 23.9 Å². The van der Waals surface area contributed by atoms with Crippen LogP contribution < -0.4 is 10.3 Å². The summed E-state index contributed by atoms with van der Waals surface area (Å²) in [5.74, 6) is 0.449. The number of phenolic OH excluding ortho intramolecular Hbond substituents is 1. The second kappa shape index (κ2) is 7.30. The molecule has 134 valence electrons. The van der Waals surface area contributed by atoms with Gasteiger partial charge in [0.05, 0.1) is 5.56 Å². The van der Waals surface area contributed by atoms with E-state index in [0.29, 0.717) is 23.6 Å². The number of aromatic amines is 1. The Balaban J connectivity index is 1.91. The van der Waals surface area contributed by atoms with Crippen LogP contribution in [0.25, 0.3) is 11.2 Å². The Labute approximate surface area is 148 Å². The lowest BCUT2D eigenvalue weighted by Crippen LogP contribution is -2.15. The standard InChI is InChI=1S/C18H18N4O4/c1-3-4-12-13(6-5-11(10(2)23)16(12)24)26-9-14-21-17-15(18(25)22-14)19-7-8-20-17/h5-8,24H,3-4,9H2,1-2H3,(H,20,21,22,25). The summed E-state index contributed by atoms with van der Waals surface area (Å²) in [6.07, 6.45) is 4.20. The smallest absolute Gasteiger partial charge is 0.279 e. The Hall–Kier alpha value is -3.29. The molecule has 0 spiro atoms. The number of benzene rings is 1. The maximum absolute atomic E-state index is 12.0. The van der Waals surface area contributed by atoms with E-state index in [1.807, 2.05) is 6.92 Å². The number of H-pyrrole nitrogens is 1. The van der Waals surface area contributed by atoms with E-state index in [1.54, 1.807) is 6.07 Å². The minimum Gasteiger partial charge on any atom is -0.507 e. The fraction of sp³-hybridized carbons (Fsp3) is 0.278. The normalized spacial score (nSPS) is 10.8. The molecule has 26 heavy (non-hydrogen) atoms. The highest BCUT2D eigenvalue weighted by molar-refractivity contribution is 5.97. The highest BCUT2D eigenvalue weighted by Crippen LogP contribution is 2.33. The van der Waals surface area contributed by atoms with E-state index in [1.165, 1.54) is 25.4 Å². The van der Waals surface area contributed by atoms with Crippen molar-refractivity contribution in [2.75, 3.05) is 0 Å². The van der Waals surface area contributed by atoms with Gasteiger partial charge >= 0.3 is 0 Å². The number of aromatic nitrogens is 4. The van der Waals surface area contributed by atoms with Gasteiger partial charge in [-0.25, -0.2) is 15.0 Å². The Morgan fingerprint density at radius 3 is 2.77 bits per heavy atom. The average Bonchev–Trinajstić information content (AvgIpc) is 2.62. The molecule has 3 aromatic rings. The first kappa shape index (κ1) is 17.5. The van der Waals surface area contributed by atoms with E-state index in [4.69, 9.17) is 4.74 Å². The Morgan fingerprint density at radius 2 is 2.04 bits per heavy atom. The van der Waals surface area contributed by atoms with Crippen molar-refractivity contribution in [1.82, 2.24) is 19.9 Å². The summed E-state index contributed by atoms with van der Waals surface area (Å²) in [4.78, 5) is 38.4. The van der Waals surface area contributed by atoms with Gasteiger partial charge in [-0.05, 0) is 25.5 Å². The SMILES string of the molecule is CCCc1c(OCc2nc3nccnc3c(=O)[nH]2)ccc(C(C)=O)c1O. The molecule has 3 rings (SSSR count). The van der Waals surface area contributed by atoms with Crippen molar-refractivity contribution in [2.45, 2.75) is 33.3 Å². The van der Waals surface area contributed by atoms with Gasteiger partial charge in [-0.3, -0.25) is 9.59 Å². The number of fused-ring (bicyclic) bond motifs is 1. The maximum Gasteiger partial charge on any atom is 0.279 e. The molecule has 0 saturated heterocycles. The van der Waals surface area contributed by atoms with Gasteiger partial charge in [0.25, 0.3) is 5.56 Å². The molecule has 8 nitrogen and oxygen atoms in total. The van der Waals surface area contributed by atoms with Crippen LogP contribution in [0.2, 0.25) is 0 Å². The average molecular weight is 354 g/mol. The lowest BCUT2D eigenvalue weighted by molar-refractivity contribution is 0.101. The van der Waals surface area contributed by atoms with E-state index in [-0.39, 0.29) is 34.9 Å². The number of nitrogens with one attached hydrogen (secondary N) is 1. The maximum atomic E-state index is 12.0. The third kappa shape index (κ3) is 3.39. The van der Waals surface area contributed by atoms with E-state index < -0.39 is 5.56 Å². The predicted octanol–water partition coefficient (Wildman–Crippen LogP) is 2.15. The molecule has 0 fully saturated rings. The number of rotatable bonds is 6. The van der Waals surface area contributed by atoms with E-state index in [2.05, 4.69) is 19.9 Å². The van der Waals surface area contributed by atoms with Gasteiger partial charge < -0.3 is 14.8 Å². The molecule has 2 heterocycles. The number of phenols is 1. The molecular formula is C18H18N4O4. The van der Waals surface area contributed by atoms with Crippen LogP contribution in [0.15, 0.2) is 29.3 Å². The molecule has 8 heteroatoms. The van der Waals surface area contributed by atoms with Crippen molar-refractivity contribution < 1.29 is 14.6 Å². The molecule has 2 aromatic heterocycles. The fourth-order valence-corrected chi connectivity index (χ4v) is 2.66. The highest BCUT2D eigenvalue weighted by Gasteiger charge is 2.16. The third-order valence-corrected chi connectivity index (χ3v) is 3.88. The minimum absolute atomic E-state index is 0.0165. The van der Waals surface area contributed by atoms with Crippen molar-refractivity contribution >= 4 is 16.9 Å². The first-order chi connectivity index (χ1) is 12.5. The Kier molecular flexibility index (Phi) is 4.92. The van der Waals surface area contributed by atoms with Crippen LogP contribution >= 0.6 is 0 Å². The quantitative estimate of drug-likeness (QED) is 0.651. The van der Waals surface area contributed by atoms with Crippen LogP contribution in [0.3, 0.4) is 0 Å². The number of ether oxygens (including phenoxy) is 1. The Morgan fingerprint density at radius 1 is 1.27 bits per heavy atom. The van der Waals surface area contributed by atoms with Gasteiger partial charge in [0, 0.05) is 18.0 Å². The lowest BCUT2D eigenvalue weighted by atomic mass is 10.0. The van der Waals surface area contributed by atoms with Crippen molar-refractivity contribution in [3.63, 3.8) is 0 Å². The fourth-order valence-electron chi connectivity index (χ4n) is 2.66. The zero-order valence-corrected chi connectivity index (χ0v) is 14.4. The molecule has 0 unspecified atom stereocenters. The Bertz CT molecular complexity index is 1030. The number of ketones is 1. The van der Waals surface area contributed by atoms with E-state index in [0.717, 1.165) is 6.42 Å².